The highest BCUT2D eigenvalue weighted by atomic mass is 16.2. The first-order valence-electron chi connectivity index (χ1n) is 11.7. The summed E-state index contributed by atoms with van der Waals surface area (Å²) in [6.07, 6.45) is 1.89. The Morgan fingerprint density at radius 2 is 1.31 bits per heavy atom. The number of piperidine rings is 1. The maximum atomic E-state index is 12.9. The molecule has 2 aliphatic heterocycles. The van der Waals surface area contributed by atoms with Crippen LogP contribution in [0.4, 0.5) is 0 Å². The van der Waals surface area contributed by atoms with Gasteiger partial charge in [0.1, 0.15) is 0 Å². The monoisotopic (exact) mass is 434 g/mol. The fourth-order valence-electron chi connectivity index (χ4n) is 4.71. The van der Waals surface area contributed by atoms with Gasteiger partial charge in [0.15, 0.2) is 0 Å². The summed E-state index contributed by atoms with van der Waals surface area (Å²) in [6, 6.07) is 20.4. The smallest absolute Gasteiger partial charge is 0.236 e. The summed E-state index contributed by atoms with van der Waals surface area (Å²) in [5, 5.41) is 3.46. The van der Waals surface area contributed by atoms with Crippen LogP contribution < -0.4 is 5.32 Å². The molecule has 2 aliphatic rings. The minimum Gasteiger partial charge on any atom is -0.339 e. The predicted molar refractivity (Wildman–Crippen MR) is 126 cm³/mol. The van der Waals surface area contributed by atoms with Crippen molar-refractivity contribution in [3.8, 4) is 0 Å². The van der Waals surface area contributed by atoms with Gasteiger partial charge in [-0.15, -0.1) is 0 Å². The molecular weight excluding hydrogens is 400 g/mol. The topological polar surface area (TPSA) is 55.9 Å². The summed E-state index contributed by atoms with van der Waals surface area (Å²) < 4.78 is 0. The zero-order valence-electron chi connectivity index (χ0n) is 19.0. The third kappa shape index (κ3) is 5.56. The Morgan fingerprint density at radius 1 is 0.812 bits per heavy atom. The molecule has 0 unspecified atom stereocenters. The highest BCUT2D eigenvalue weighted by molar-refractivity contribution is 5.81. The van der Waals surface area contributed by atoms with E-state index < -0.39 is 0 Å². The normalized spacial score (nSPS) is 18.2. The fourth-order valence-corrected chi connectivity index (χ4v) is 4.71. The lowest BCUT2D eigenvalue weighted by molar-refractivity contribution is -0.142. The SMILES string of the molecule is CN1CCC(C(=O)N2CCN(C(=O)CNC(c3ccccc3)c3ccccc3)CC2)CC1. The largest absolute Gasteiger partial charge is 0.339 e. The van der Waals surface area contributed by atoms with E-state index in [9.17, 15) is 9.59 Å². The molecule has 0 aromatic heterocycles. The Kier molecular flexibility index (Phi) is 7.55. The van der Waals surface area contributed by atoms with Crippen molar-refractivity contribution < 1.29 is 9.59 Å². The summed E-state index contributed by atoms with van der Waals surface area (Å²) in [5.74, 6) is 0.511. The number of rotatable bonds is 6. The van der Waals surface area contributed by atoms with Crippen molar-refractivity contribution in [1.29, 1.82) is 0 Å². The molecule has 2 heterocycles. The Labute approximate surface area is 191 Å². The van der Waals surface area contributed by atoms with Crippen molar-refractivity contribution in [1.82, 2.24) is 20.0 Å². The van der Waals surface area contributed by atoms with Crippen LogP contribution in [-0.4, -0.2) is 79.4 Å². The molecule has 0 saturated carbocycles. The van der Waals surface area contributed by atoms with Crippen LogP contribution in [0.1, 0.15) is 30.0 Å². The molecule has 2 amide bonds. The fraction of sp³-hybridized carbons (Fsp3) is 0.462. The van der Waals surface area contributed by atoms with Crippen molar-refractivity contribution in [2.24, 2.45) is 5.92 Å². The van der Waals surface area contributed by atoms with E-state index in [2.05, 4.69) is 41.5 Å². The van der Waals surface area contributed by atoms with Gasteiger partial charge in [-0.2, -0.15) is 0 Å². The Balaban J connectivity index is 1.30. The molecular formula is C26H34N4O2. The van der Waals surface area contributed by atoms with Crippen LogP contribution >= 0.6 is 0 Å². The summed E-state index contributed by atoms with van der Waals surface area (Å²) in [6.45, 7) is 4.75. The molecule has 32 heavy (non-hydrogen) atoms. The van der Waals surface area contributed by atoms with Gasteiger partial charge >= 0.3 is 0 Å². The van der Waals surface area contributed by atoms with Crippen LogP contribution in [0.15, 0.2) is 60.7 Å². The molecule has 6 nitrogen and oxygen atoms in total. The van der Waals surface area contributed by atoms with Gasteiger partial charge in [0.25, 0.3) is 0 Å². The quantitative estimate of drug-likeness (QED) is 0.759. The molecule has 2 saturated heterocycles. The molecule has 2 aromatic carbocycles. The number of hydrogen-bond acceptors (Lipinski definition) is 4. The van der Waals surface area contributed by atoms with Crippen molar-refractivity contribution >= 4 is 11.8 Å². The highest BCUT2D eigenvalue weighted by Crippen LogP contribution is 2.22. The lowest BCUT2D eigenvalue weighted by Crippen LogP contribution is -2.54. The number of nitrogens with one attached hydrogen (secondary N) is 1. The first-order chi connectivity index (χ1) is 15.6. The molecule has 0 bridgehead atoms. The summed E-state index contributed by atoms with van der Waals surface area (Å²) in [7, 11) is 2.11. The molecule has 6 heteroatoms. The second-order valence-corrected chi connectivity index (χ2v) is 8.92. The lowest BCUT2D eigenvalue weighted by Gasteiger charge is -2.38. The van der Waals surface area contributed by atoms with Gasteiger partial charge < -0.3 is 14.7 Å². The van der Waals surface area contributed by atoms with Crippen molar-refractivity contribution in [2.45, 2.75) is 18.9 Å². The predicted octanol–water partition coefficient (Wildman–Crippen LogP) is 2.38. The van der Waals surface area contributed by atoms with Gasteiger partial charge in [0.05, 0.1) is 12.6 Å². The molecule has 1 N–H and O–H groups in total. The van der Waals surface area contributed by atoms with E-state index in [0.29, 0.717) is 26.2 Å². The highest BCUT2D eigenvalue weighted by Gasteiger charge is 2.30. The maximum absolute atomic E-state index is 12.9. The number of nitrogens with zero attached hydrogens (tertiary/aromatic N) is 3. The molecule has 170 valence electrons. The van der Waals surface area contributed by atoms with Gasteiger partial charge in [-0.25, -0.2) is 0 Å². The van der Waals surface area contributed by atoms with Crippen molar-refractivity contribution in [3.05, 3.63) is 71.8 Å². The van der Waals surface area contributed by atoms with E-state index in [1.165, 1.54) is 0 Å². The van der Waals surface area contributed by atoms with Gasteiger partial charge in [-0.3, -0.25) is 14.9 Å². The minimum absolute atomic E-state index is 0.0337. The first-order valence-corrected chi connectivity index (χ1v) is 11.7. The molecule has 0 aliphatic carbocycles. The number of benzene rings is 2. The lowest BCUT2D eigenvalue weighted by atomic mass is 9.95. The Hall–Kier alpha value is -2.70. The van der Waals surface area contributed by atoms with Crippen LogP contribution in [0.2, 0.25) is 0 Å². The summed E-state index contributed by atoms with van der Waals surface area (Å²) >= 11 is 0. The second-order valence-electron chi connectivity index (χ2n) is 8.92. The molecule has 0 atom stereocenters. The van der Waals surface area contributed by atoms with E-state index in [4.69, 9.17) is 0 Å². The molecule has 0 radical (unpaired) electrons. The van der Waals surface area contributed by atoms with Crippen LogP contribution in [-0.2, 0) is 9.59 Å². The average molecular weight is 435 g/mol. The minimum atomic E-state index is -0.0337. The standard InChI is InChI=1S/C26H34N4O2/c1-28-14-12-23(13-15-28)26(32)30-18-16-29(17-19-30)24(31)20-27-25(21-8-4-2-5-9-21)22-10-6-3-7-11-22/h2-11,23,25,27H,12-20H2,1H3. The van der Waals surface area contributed by atoms with E-state index >= 15 is 0 Å². The number of amides is 2. The van der Waals surface area contributed by atoms with Crippen molar-refractivity contribution in [3.63, 3.8) is 0 Å². The Bertz CT molecular complexity index is 834. The number of carbonyl (C=O) groups excluding carboxylic acids is 2. The number of carbonyl (C=O) groups is 2. The van der Waals surface area contributed by atoms with Gasteiger partial charge in [-0.1, -0.05) is 60.7 Å². The summed E-state index contributed by atoms with van der Waals surface area (Å²) in [5.41, 5.74) is 2.28. The van der Waals surface area contributed by atoms with Crippen LogP contribution in [0.5, 0.6) is 0 Å². The average Bonchev–Trinajstić information content (AvgIpc) is 2.85. The van der Waals surface area contributed by atoms with E-state index in [1.54, 1.807) is 0 Å². The zero-order chi connectivity index (χ0) is 22.3. The molecule has 2 fully saturated rings. The van der Waals surface area contributed by atoms with Crippen LogP contribution in [0, 0.1) is 5.92 Å². The van der Waals surface area contributed by atoms with Crippen LogP contribution in [0.25, 0.3) is 0 Å². The van der Waals surface area contributed by atoms with E-state index in [1.807, 2.05) is 46.2 Å². The van der Waals surface area contributed by atoms with Crippen molar-refractivity contribution in [2.75, 3.05) is 52.9 Å². The number of hydrogen-bond donors (Lipinski definition) is 1. The Morgan fingerprint density at radius 3 is 1.84 bits per heavy atom. The third-order valence-corrected chi connectivity index (χ3v) is 6.74. The van der Waals surface area contributed by atoms with E-state index in [0.717, 1.165) is 37.1 Å². The van der Waals surface area contributed by atoms with E-state index in [-0.39, 0.29) is 30.3 Å². The maximum Gasteiger partial charge on any atom is 0.236 e. The van der Waals surface area contributed by atoms with Crippen LogP contribution in [0.3, 0.4) is 0 Å². The number of piperazine rings is 1. The molecule has 0 spiro atoms. The van der Waals surface area contributed by atoms with Gasteiger partial charge in [-0.05, 0) is 44.1 Å². The first kappa shape index (κ1) is 22.5. The zero-order valence-corrected chi connectivity index (χ0v) is 19.0. The number of likely N-dealkylation sites (tertiary alicyclic amines) is 1. The molecule has 4 rings (SSSR count). The second kappa shape index (κ2) is 10.7. The summed E-state index contributed by atoms with van der Waals surface area (Å²) in [4.78, 5) is 31.9. The van der Waals surface area contributed by atoms with Gasteiger partial charge in [0, 0.05) is 32.1 Å². The third-order valence-electron chi connectivity index (χ3n) is 6.74. The molecule has 2 aromatic rings. The van der Waals surface area contributed by atoms with Gasteiger partial charge in [0.2, 0.25) is 11.8 Å².